The molecule has 2 aromatic carbocycles. The SMILES string of the molecule is CCc1nc2cc(F)ccn2c1C(=O)NCc1ccc(N2CCC(c3ccc(Cl)cc3)CC2)cc1. The summed E-state index contributed by atoms with van der Waals surface area (Å²) in [5, 5.41) is 3.77. The van der Waals surface area contributed by atoms with E-state index in [0.29, 0.717) is 35.9 Å². The third kappa shape index (κ3) is 5.03. The largest absolute Gasteiger partial charge is 0.371 e. The van der Waals surface area contributed by atoms with Gasteiger partial charge in [-0.05, 0) is 66.6 Å². The zero-order valence-corrected chi connectivity index (χ0v) is 20.4. The Morgan fingerprint density at radius 2 is 1.80 bits per heavy atom. The van der Waals surface area contributed by atoms with Crippen LogP contribution in [-0.2, 0) is 13.0 Å². The van der Waals surface area contributed by atoms with Crippen LogP contribution in [0.2, 0.25) is 5.02 Å². The Balaban J connectivity index is 1.19. The molecule has 35 heavy (non-hydrogen) atoms. The zero-order chi connectivity index (χ0) is 24.4. The molecular weight excluding hydrogens is 463 g/mol. The minimum Gasteiger partial charge on any atom is -0.371 e. The van der Waals surface area contributed by atoms with Gasteiger partial charge in [0, 0.05) is 42.6 Å². The lowest BCUT2D eigenvalue weighted by Crippen LogP contribution is -2.32. The number of nitrogens with zero attached hydrogens (tertiary/aromatic N) is 3. The highest BCUT2D eigenvalue weighted by atomic mass is 35.5. The lowest BCUT2D eigenvalue weighted by atomic mass is 9.89. The normalized spacial score (nSPS) is 14.4. The molecule has 0 unspecified atom stereocenters. The average molecular weight is 491 g/mol. The Kier molecular flexibility index (Phi) is 6.73. The summed E-state index contributed by atoms with van der Waals surface area (Å²) in [4.78, 5) is 19.8. The number of aryl methyl sites for hydroxylation is 1. The van der Waals surface area contributed by atoms with Crippen LogP contribution >= 0.6 is 11.6 Å². The van der Waals surface area contributed by atoms with Gasteiger partial charge in [-0.25, -0.2) is 9.37 Å². The van der Waals surface area contributed by atoms with Crippen LogP contribution in [0.5, 0.6) is 0 Å². The molecule has 0 saturated carbocycles. The van der Waals surface area contributed by atoms with Crippen LogP contribution in [0.15, 0.2) is 66.9 Å². The van der Waals surface area contributed by atoms with Crippen molar-refractivity contribution >= 4 is 28.8 Å². The van der Waals surface area contributed by atoms with Crippen molar-refractivity contribution in [3.05, 3.63) is 100 Å². The lowest BCUT2D eigenvalue weighted by molar-refractivity contribution is 0.0944. The van der Waals surface area contributed by atoms with Gasteiger partial charge in [0.25, 0.3) is 5.91 Å². The van der Waals surface area contributed by atoms with E-state index in [-0.39, 0.29) is 11.7 Å². The molecule has 5 nitrogen and oxygen atoms in total. The van der Waals surface area contributed by atoms with Gasteiger partial charge in [0.2, 0.25) is 0 Å². The molecule has 0 spiro atoms. The highest BCUT2D eigenvalue weighted by Gasteiger charge is 2.21. The van der Waals surface area contributed by atoms with Crippen molar-refractivity contribution in [1.29, 1.82) is 0 Å². The van der Waals surface area contributed by atoms with Gasteiger partial charge in [-0.3, -0.25) is 9.20 Å². The van der Waals surface area contributed by atoms with E-state index >= 15 is 0 Å². The first kappa shape index (κ1) is 23.4. The van der Waals surface area contributed by atoms with E-state index < -0.39 is 0 Å². The molecule has 5 rings (SSSR count). The van der Waals surface area contributed by atoms with Crippen molar-refractivity contribution < 1.29 is 9.18 Å². The van der Waals surface area contributed by atoms with Crippen molar-refractivity contribution in [2.75, 3.05) is 18.0 Å². The van der Waals surface area contributed by atoms with Crippen molar-refractivity contribution in [2.45, 2.75) is 38.6 Å². The van der Waals surface area contributed by atoms with E-state index in [2.05, 4.69) is 51.6 Å². The summed E-state index contributed by atoms with van der Waals surface area (Å²) < 4.78 is 15.2. The lowest BCUT2D eigenvalue weighted by Gasteiger charge is -2.34. The minimum atomic E-state index is -0.369. The summed E-state index contributed by atoms with van der Waals surface area (Å²) >= 11 is 6.03. The Labute approximate surface area is 209 Å². The highest BCUT2D eigenvalue weighted by molar-refractivity contribution is 6.30. The molecular formula is C28H28ClFN4O. The number of anilines is 1. The Bertz CT molecular complexity index is 1330. The van der Waals surface area contributed by atoms with Crippen LogP contribution in [0.25, 0.3) is 5.65 Å². The Hall–Kier alpha value is -3.38. The second-order valence-electron chi connectivity index (χ2n) is 9.00. The number of benzene rings is 2. The van der Waals surface area contributed by atoms with Gasteiger partial charge >= 0.3 is 0 Å². The van der Waals surface area contributed by atoms with Gasteiger partial charge in [0.1, 0.15) is 17.2 Å². The molecule has 1 saturated heterocycles. The average Bonchev–Trinajstić information content (AvgIpc) is 3.26. The fourth-order valence-corrected chi connectivity index (χ4v) is 4.98. The number of imidazole rings is 1. The summed E-state index contributed by atoms with van der Waals surface area (Å²) in [5.41, 5.74) is 5.15. The monoisotopic (exact) mass is 490 g/mol. The van der Waals surface area contributed by atoms with E-state index in [4.69, 9.17) is 11.6 Å². The number of carbonyl (C=O) groups is 1. The summed E-state index contributed by atoms with van der Waals surface area (Å²) in [5.74, 6) is -0.0113. The van der Waals surface area contributed by atoms with Gasteiger partial charge in [0.05, 0.1) is 5.69 Å². The molecule has 1 aliphatic rings. The smallest absolute Gasteiger partial charge is 0.270 e. The van der Waals surface area contributed by atoms with E-state index in [0.717, 1.165) is 36.5 Å². The molecule has 0 bridgehead atoms. The fraction of sp³-hybridized carbons (Fsp3) is 0.286. The van der Waals surface area contributed by atoms with Crippen LogP contribution < -0.4 is 10.2 Å². The molecule has 180 valence electrons. The number of amides is 1. The molecule has 3 heterocycles. The summed E-state index contributed by atoms with van der Waals surface area (Å²) in [6, 6.07) is 19.3. The van der Waals surface area contributed by atoms with Crippen LogP contribution in [0, 0.1) is 5.82 Å². The number of fused-ring (bicyclic) bond motifs is 1. The Morgan fingerprint density at radius 1 is 1.09 bits per heavy atom. The predicted molar refractivity (Wildman–Crippen MR) is 138 cm³/mol. The van der Waals surface area contributed by atoms with Gasteiger partial charge in [0.15, 0.2) is 0 Å². The number of halogens is 2. The van der Waals surface area contributed by atoms with Crippen molar-refractivity contribution in [2.24, 2.45) is 0 Å². The van der Waals surface area contributed by atoms with Gasteiger partial charge in [-0.15, -0.1) is 0 Å². The molecule has 0 atom stereocenters. The Morgan fingerprint density at radius 3 is 2.49 bits per heavy atom. The van der Waals surface area contributed by atoms with Crippen molar-refractivity contribution in [3.63, 3.8) is 0 Å². The highest BCUT2D eigenvalue weighted by Crippen LogP contribution is 2.31. The molecule has 1 fully saturated rings. The second-order valence-corrected chi connectivity index (χ2v) is 9.43. The molecule has 0 radical (unpaired) electrons. The van der Waals surface area contributed by atoms with Crippen LogP contribution in [0.4, 0.5) is 10.1 Å². The number of hydrogen-bond acceptors (Lipinski definition) is 3. The van der Waals surface area contributed by atoms with Crippen molar-refractivity contribution in [3.8, 4) is 0 Å². The molecule has 7 heteroatoms. The van der Waals surface area contributed by atoms with Crippen LogP contribution in [0.1, 0.15) is 53.0 Å². The number of pyridine rings is 1. The molecule has 0 aliphatic carbocycles. The van der Waals surface area contributed by atoms with Crippen molar-refractivity contribution in [1.82, 2.24) is 14.7 Å². The first-order valence-electron chi connectivity index (χ1n) is 12.1. The fourth-order valence-electron chi connectivity index (χ4n) is 4.85. The van der Waals surface area contributed by atoms with Crippen LogP contribution in [0.3, 0.4) is 0 Å². The topological polar surface area (TPSA) is 49.6 Å². The zero-order valence-electron chi connectivity index (χ0n) is 19.7. The second kappa shape index (κ2) is 10.1. The number of aromatic nitrogens is 2. The number of rotatable bonds is 6. The van der Waals surface area contributed by atoms with E-state index in [1.54, 1.807) is 10.6 Å². The van der Waals surface area contributed by atoms with Gasteiger partial charge in [-0.2, -0.15) is 0 Å². The number of hydrogen-bond donors (Lipinski definition) is 1. The summed E-state index contributed by atoms with van der Waals surface area (Å²) in [6.45, 7) is 4.37. The minimum absolute atomic E-state index is 0.214. The maximum Gasteiger partial charge on any atom is 0.270 e. The number of piperidine rings is 1. The van der Waals surface area contributed by atoms with E-state index in [1.807, 2.05) is 19.1 Å². The first-order valence-corrected chi connectivity index (χ1v) is 12.4. The van der Waals surface area contributed by atoms with Crippen LogP contribution in [-0.4, -0.2) is 28.4 Å². The first-order chi connectivity index (χ1) is 17.0. The number of carbonyl (C=O) groups excluding carboxylic acids is 1. The molecule has 1 amide bonds. The van der Waals surface area contributed by atoms with E-state index in [1.165, 1.54) is 23.4 Å². The van der Waals surface area contributed by atoms with E-state index in [9.17, 15) is 9.18 Å². The number of nitrogens with one attached hydrogen (secondary N) is 1. The maximum atomic E-state index is 13.6. The quantitative estimate of drug-likeness (QED) is 0.360. The maximum absolute atomic E-state index is 13.6. The third-order valence-electron chi connectivity index (χ3n) is 6.80. The summed E-state index contributed by atoms with van der Waals surface area (Å²) in [6.07, 6.45) is 4.37. The molecule has 1 aliphatic heterocycles. The summed E-state index contributed by atoms with van der Waals surface area (Å²) in [7, 11) is 0. The standard InChI is InChI=1S/C28H28ClFN4O/c1-2-25-27(34-16-13-23(30)17-26(34)32-25)28(35)31-18-19-3-9-24(10-4-19)33-14-11-21(12-15-33)20-5-7-22(29)8-6-20/h3-10,13,16-17,21H,2,11-12,14-15,18H2,1H3,(H,31,35). The molecule has 2 aromatic heterocycles. The molecule has 1 N–H and O–H groups in total. The molecule has 4 aromatic rings. The van der Waals surface area contributed by atoms with Gasteiger partial charge in [-0.1, -0.05) is 42.8 Å². The predicted octanol–water partition coefficient (Wildman–Crippen LogP) is 6.00. The third-order valence-corrected chi connectivity index (χ3v) is 7.05. The van der Waals surface area contributed by atoms with Gasteiger partial charge < -0.3 is 10.2 Å².